The molecule has 1 heterocycles. The lowest BCUT2D eigenvalue weighted by Crippen LogP contribution is -2.20. The van der Waals surface area contributed by atoms with Gasteiger partial charge in [0.15, 0.2) is 0 Å². The quantitative estimate of drug-likeness (QED) is 0.760. The Morgan fingerprint density at radius 2 is 2.00 bits per heavy atom. The van der Waals surface area contributed by atoms with Crippen LogP contribution in [0, 0.1) is 0 Å². The molecule has 2 rings (SSSR count). The van der Waals surface area contributed by atoms with E-state index < -0.39 is 0 Å². The lowest BCUT2D eigenvalue weighted by atomic mass is 10.1. The second-order valence-corrected chi connectivity index (χ2v) is 5.10. The van der Waals surface area contributed by atoms with Gasteiger partial charge in [-0.3, -0.25) is 0 Å². The van der Waals surface area contributed by atoms with Gasteiger partial charge in [-0.1, -0.05) is 27.2 Å². The Balaban J connectivity index is 2.22. The maximum Gasteiger partial charge on any atom is 0.134 e. The summed E-state index contributed by atoms with van der Waals surface area (Å²) in [5.74, 6) is 1.94. The molecule has 0 fully saturated rings. The second-order valence-electron chi connectivity index (χ2n) is 5.10. The highest BCUT2D eigenvalue weighted by molar-refractivity contribution is 5.79. The minimum absolute atomic E-state index is 0.303. The molecule has 3 heteroatoms. The summed E-state index contributed by atoms with van der Waals surface area (Å²) in [7, 11) is 0. The number of furan rings is 1. The molecule has 0 radical (unpaired) electrons. The number of ether oxygens (including phenoxy) is 1. The zero-order valence-electron chi connectivity index (χ0n) is 12.7. The van der Waals surface area contributed by atoms with Crippen molar-refractivity contribution in [3.63, 3.8) is 0 Å². The van der Waals surface area contributed by atoms with Gasteiger partial charge in [0.25, 0.3) is 0 Å². The van der Waals surface area contributed by atoms with E-state index in [1.165, 1.54) is 0 Å². The molecule has 0 bridgehead atoms. The molecule has 0 aliphatic heterocycles. The molecular formula is C17H25NO2. The van der Waals surface area contributed by atoms with Crippen molar-refractivity contribution in [2.45, 2.75) is 46.1 Å². The van der Waals surface area contributed by atoms with Gasteiger partial charge in [-0.05, 0) is 43.7 Å². The normalized spacial score (nSPS) is 12.8. The van der Waals surface area contributed by atoms with E-state index in [0.29, 0.717) is 6.04 Å². The maximum absolute atomic E-state index is 5.98. The maximum atomic E-state index is 5.98. The summed E-state index contributed by atoms with van der Waals surface area (Å²) in [6.45, 7) is 8.14. The highest BCUT2D eigenvalue weighted by Crippen LogP contribution is 2.29. The van der Waals surface area contributed by atoms with E-state index in [4.69, 9.17) is 9.15 Å². The summed E-state index contributed by atoms with van der Waals surface area (Å²) in [6.07, 6.45) is 3.25. The van der Waals surface area contributed by atoms with Gasteiger partial charge in [-0.15, -0.1) is 0 Å². The highest BCUT2D eigenvalue weighted by Gasteiger charge is 2.14. The summed E-state index contributed by atoms with van der Waals surface area (Å²) in [5.41, 5.74) is 0.933. The van der Waals surface area contributed by atoms with Crippen molar-refractivity contribution in [3.05, 3.63) is 30.0 Å². The predicted molar refractivity (Wildman–Crippen MR) is 83.3 cm³/mol. The molecule has 0 saturated heterocycles. The number of fused-ring (bicyclic) bond motifs is 1. The molecule has 1 N–H and O–H groups in total. The Bertz CT molecular complexity index is 527. The number of benzene rings is 1. The number of rotatable bonds is 8. The molecule has 2 aromatic rings. The third-order valence-electron chi connectivity index (χ3n) is 3.35. The van der Waals surface area contributed by atoms with E-state index in [-0.39, 0.29) is 0 Å². The third-order valence-corrected chi connectivity index (χ3v) is 3.35. The fourth-order valence-corrected chi connectivity index (χ4v) is 2.40. The minimum Gasteiger partial charge on any atom is -0.494 e. The van der Waals surface area contributed by atoms with Gasteiger partial charge in [0.1, 0.15) is 17.1 Å². The van der Waals surface area contributed by atoms with Gasteiger partial charge in [-0.25, -0.2) is 0 Å². The second kappa shape index (κ2) is 7.34. The first-order valence-electron chi connectivity index (χ1n) is 7.68. The smallest absolute Gasteiger partial charge is 0.134 e. The number of nitrogens with one attached hydrogen (secondary N) is 1. The topological polar surface area (TPSA) is 34.4 Å². The van der Waals surface area contributed by atoms with Crippen LogP contribution in [0.1, 0.15) is 51.8 Å². The van der Waals surface area contributed by atoms with Crippen molar-refractivity contribution in [2.24, 2.45) is 0 Å². The Hall–Kier alpha value is -1.48. The lowest BCUT2D eigenvalue weighted by Gasteiger charge is -2.13. The summed E-state index contributed by atoms with van der Waals surface area (Å²) < 4.78 is 11.6. The molecule has 0 aliphatic rings. The van der Waals surface area contributed by atoms with E-state index in [0.717, 1.165) is 54.9 Å². The van der Waals surface area contributed by atoms with Crippen molar-refractivity contribution >= 4 is 11.0 Å². The van der Waals surface area contributed by atoms with E-state index in [1.54, 1.807) is 0 Å². The first-order chi connectivity index (χ1) is 9.78. The standard InChI is InChI=1S/C17H25NO2/c1-4-7-15(18-6-3)17-12-13-11-14(19-10-5-2)8-9-16(13)20-17/h8-9,11-12,15,18H,4-7,10H2,1-3H3. The Morgan fingerprint density at radius 1 is 1.15 bits per heavy atom. The van der Waals surface area contributed by atoms with Gasteiger partial charge in [0, 0.05) is 5.39 Å². The van der Waals surface area contributed by atoms with Crippen LogP contribution in [-0.4, -0.2) is 13.2 Å². The zero-order valence-corrected chi connectivity index (χ0v) is 12.7. The molecule has 3 nitrogen and oxygen atoms in total. The van der Waals surface area contributed by atoms with Crippen molar-refractivity contribution < 1.29 is 9.15 Å². The molecule has 0 spiro atoms. The summed E-state index contributed by atoms with van der Waals surface area (Å²) in [4.78, 5) is 0. The van der Waals surface area contributed by atoms with Gasteiger partial charge in [0.05, 0.1) is 12.6 Å². The van der Waals surface area contributed by atoms with Crippen LogP contribution >= 0.6 is 0 Å². The predicted octanol–water partition coefficient (Wildman–Crippen LogP) is 4.67. The molecule has 1 unspecified atom stereocenters. The Labute approximate surface area is 121 Å². The van der Waals surface area contributed by atoms with Crippen LogP contribution in [0.15, 0.2) is 28.7 Å². The van der Waals surface area contributed by atoms with Gasteiger partial charge < -0.3 is 14.5 Å². The summed E-state index contributed by atoms with van der Waals surface area (Å²) in [6, 6.07) is 8.48. The SMILES string of the molecule is CCCOc1ccc2oc(C(CCC)NCC)cc2c1. The first kappa shape index (κ1) is 14.9. The zero-order chi connectivity index (χ0) is 14.4. The minimum atomic E-state index is 0.303. The average Bonchev–Trinajstić information content (AvgIpc) is 2.87. The van der Waals surface area contributed by atoms with Crippen LogP contribution in [-0.2, 0) is 0 Å². The van der Waals surface area contributed by atoms with E-state index >= 15 is 0 Å². The van der Waals surface area contributed by atoms with Crippen LogP contribution < -0.4 is 10.1 Å². The number of hydrogen-bond acceptors (Lipinski definition) is 3. The lowest BCUT2D eigenvalue weighted by molar-refractivity contribution is 0.318. The first-order valence-corrected chi connectivity index (χ1v) is 7.68. The van der Waals surface area contributed by atoms with Crippen molar-refractivity contribution in [3.8, 4) is 5.75 Å². The largest absolute Gasteiger partial charge is 0.494 e. The average molecular weight is 275 g/mol. The Morgan fingerprint density at radius 3 is 2.70 bits per heavy atom. The molecule has 0 saturated carbocycles. The van der Waals surface area contributed by atoms with Crippen LogP contribution in [0.25, 0.3) is 11.0 Å². The van der Waals surface area contributed by atoms with Gasteiger partial charge in [-0.2, -0.15) is 0 Å². The van der Waals surface area contributed by atoms with E-state index in [9.17, 15) is 0 Å². The third kappa shape index (κ3) is 3.54. The fraction of sp³-hybridized carbons (Fsp3) is 0.529. The molecule has 1 aromatic heterocycles. The van der Waals surface area contributed by atoms with Gasteiger partial charge in [0.2, 0.25) is 0 Å². The van der Waals surface area contributed by atoms with Crippen molar-refractivity contribution in [2.75, 3.05) is 13.2 Å². The van der Waals surface area contributed by atoms with Crippen LogP contribution in [0.3, 0.4) is 0 Å². The fourth-order valence-electron chi connectivity index (χ4n) is 2.40. The number of hydrogen-bond donors (Lipinski definition) is 1. The van der Waals surface area contributed by atoms with Crippen LogP contribution in [0.5, 0.6) is 5.75 Å². The molecule has 0 amide bonds. The summed E-state index contributed by atoms with van der Waals surface area (Å²) >= 11 is 0. The highest BCUT2D eigenvalue weighted by atomic mass is 16.5. The Kier molecular flexibility index (Phi) is 5.48. The molecule has 1 atom stereocenters. The van der Waals surface area contributed by atoms with Gasteiger partial charge >= 0.3 is 0 Å². The van der Waals surface area contributed by atoms with E-state index in [2.05, 4.69) is 38.2 Å². The monoisotopic (exact) mass is 275 g/mol. The van der Waals surface area contributed by atoms with Crippen LogP contribution in [0.4, 0.5) is 0 Å². The molecule has 20 heavy (non-hydrogen) atoms. The van der Waals surface area contributed by atoms with E-state index in [1.807, 2.05) is 12.1 Å². The molecule has 110 valence electrons. The molecular weight excluding hydrogens is 250 g/mol. The molecule has 1 aromatic carbocycles. The van der Waals surface area contributed by atoms with Crippen molar-refractivity contribution in [1.29, 1.82) is 0 Å². The van der Waals surface area contributed by atoms with Crippen molar-refractivity contribution in [1.82, 2.24) is 5.32 Å². The summed E-state index contributed by atoms with van der Waals surface area (Å²) in [5, 5.41) is 4.60. The van der Waals surface area contributed by atoms with Crippen LogP contribution in [0.2, 0.25) is 0 Å². The molecule has 0 aliphatic carbocycles.